The summed E-state index contributed by atoms with van der Waals surface area (Å²) in [6, 6.07) is 0. The number of hydrogen-bond donors (Lipinski definition) is 1. The average molecular weight is 218 g/mol. The van der Waals surface area contributed by atoms with Gasteiger partial charge in [-0.15, -0.1) is 0 Å². The molecule has 11 heavy (non-hydrogen) atoms. The van der Waals surface area contributed by atoms with Gasteiger partial charge < -0.3 is 5.32 Å². The topological polar surface area (TPSA) is 29.1 Å². The van der Waals surface area contributed by atoms with E-state index in [2.05, 4.69) is 34.7 Å². The Morgan fingerprint density at radius 1 is 2.00 bits per heavy atom. The van der Waals surface area contributed by atoms with Gasteiger partial charge in [-0.2, -0.15) is 0 Å². The number of rotatable bonds is 3. The predicted molar refractivity (Wildman–Crippen MR) is 48.6 cm³/mol. The maximum absolute atomic E-state index is 10.7. The first kappa shape index (κ1) is 8.78. The lowest BCUT2D eigenvalue weighted by atomic mass is 10.1. The highest BCUT2D eigenvalue weighted by Gasteiger charge is 2.48. The first-order chi connectivity index (χ1) is 5.08. The molecule has 2 nitrogen and oxygen atoms in total. The third-order valence-corrected chi connectivity index (χ3v) is 3.52. The van der Waals surface area contributed by atoms with Gasteiger partial charge in [-0.1, -0.05) is 29.4 Å². The molecule has 1 aliphatic rings. The second kappa shape index (κ2) is 2.97. The van der Waals surface area contributed by atoms with Crippen LogP contribution in [0, 0.1) is 5.41 Å². The molecule has 2 atom stereocenters. The molecule has 0 aliphatic heterocycles. The van der Waals surface area contributed by atoms with Crippen LogP contribution in [0.15, 0.2) is 12.7 Å². The maximum atomic E-state index is 10.7. The van der Waals surface area contributed by atoms with Crippen LogP contribution >= 0.6 is 15.9 Å². The van der Waals surface area contributed by atoms with Crippen molar-refractivity contribution in [1.29, 1.82) is 0 Å². The molecule has 62 valence electrons. The minimum absolute atomic E-state index is 0.0853. The molecule has 3 heteroatoms. The molecule has 0 heterocycles. The molecule has 1 amide bonds. The summed E-state index contributed by atoms with van der Waals surface area (Å²) in [4.78, 5) is 11.3. The van der Waals surface area contributed by atoms with E-state index >= 15 is 0 Å². The van der Waals surface area contributed by atoms with E-state index in [0.29, 0.717) is 4.83 Å². The van der Waals surface area contributed by atoms with Gasteiger partial charge >= 0.3 is 0 Å². The Morgan fingerprint density at radius 3 is 2.91 bits per heavy atom. The number of alkyl halides is 1. The van der Waals surface area contributed by atoms with Crippen molar-refractivity contribution in [2.45, 2.75) is 18.2 Å². The summed E-state index contributed by atoms with van der Waals surface area (Å²) in [5, 5.41) is 2.78. The molecule has 0 radical (unpaired) electrons. The smallest absolute Gasteiger partial charge is 0.243 e. The summed E-state index contributed by atoms with van der Waals surface area (Å²) in [7, 11) is 0. The first-order valence-electron chi connectivity index (χ1n) is 3.63. The fourth-order valence-corrected chi connectivity index (χ4v) is 1.80. The molecule has 0 aromatic heterocycles. The molecule has 1 saturated carbocycles. The van der Waals surface area contributed by atoms with Crippen LogP contribution in [0.4, 0.5) is 0 Å². The molecule has 0 spiro atoms. The number of carbonyl (C=O) groups is 1. The van der Waals surface area contributed by atoms with Gasteiger partial charge in [-0.05, 0) is 17.9 Å². The van der Waals surface area contributed by atoms with Gasteiger partial charge in [0.15, 0.2) is 0 Å². The Hall–Kier alpha value is -0.310. The monoisotopic (exact) mass is 217 g/mol. The molecular weight excluding hydrogens is 206 g/mol. The van der Waals surface area contributed by atoms with Crippen LogP contribution in [-0.4, -0.2) is 17.3 Å². The molecule has 1 aliphatic carbocycles. The van der Waals surface area contributed by atoms with E-state index in [4.69, 9.17) is 0 Å². The van der Waals surface area contributed by atoms with E-state index in [9.17, 15) is 4.79 Å². The van der Waals surface area contributed by atoms with Gasteiger partial charge in [-0.3, -0.25) is 4.79 Å². The van der Waals surface area contributed by atoms with Crippen molar-refractivity contribution < 1.29 is 4.79 Å². The van der Waals surface area contributed by atoms with Gasteiger partial charge in [0.1, 0.15) is 0 Å². The second-order valence-electron chi connectivity index (χ2n) is 3.25. The van der Waals surface area contributed by atoms with Crippen LogP contribution in [0.25, 0.3) is 0 Å². The van der Waals surface area contributed by atoms with Crippen molar-refractivity contribution in [3.8, 4) is 0 Å². The van der Waals surface area contributed by atoms with Crippen LogP contribution in [0.1, 0.15) is 13.3 Å². The van der Waals surface area contributed by atoms with E-state index in [1.165, 1.54) is 6.08 Å². The lowest BCUT2D eigenvalue weighted by Gasteiger charge is -2.08. The lowest BCUT2D eigenvalue weighted by Crippen LogP contribution is -2.28. The van der Waals surface area contributed by atoms with Gasteiger partial charge in [-0.25, -0.2) is 0 Å². The summed E-state index contributed by atoms with van der Waals surface area (Å²) < 4.78 is 0. The summed E-state index contributed by atoms with van der Waals surface area (Å²) in [6.07, 6.45) is 2.44. The molecule has 1 rings (SSSR count). The molecule has 1 N–H and O–H groups in total. The number of carbonyl (C=O) groups excluding carboxylic acids is 1. The Bertz CT molecular complexity index is 193. The predicted octanol–water partition coefficient (Wildman–Crippen LogP) is 1.46. The summed E-state index contributed by atoms with van der Waals surface area (Å²) >= 11 is 3.50. The molecule has 2 unspecified atom stereocenters. The maximum Gasteiger partial charge on any atom is 0.243 e. The Kier molecular flexibility index (Phi) is 2.37. The third kappa shape index (κ3) is 2.06. The molecule has 1 fully saturated rings. The van der Waals surface area contributed by atoms with Crippen molar-refractivity contribution >= 4 is 21.8 Å². The van der Waals surface area contributed by atoms with E-state index in [1.807, 2.05) is 0 Å². The van der Waals surface area contributed by atoms with E-state index < -0.39 is 0 Å². The SMILES string of the molecule is C=CC(=O)NCC1(C)CC1Br. The highest BCUT2D eigenvalue weighted by atomic mass is 79.9. The minimum Gasteiger partial charge on any atom is -0.352 e. The molecule has 0 aromatic carbocycles. The minimum atomic E-state index is -0.0853. The van der Waals surface area contributed by atoms with Crippen LogP contribution in [0.3, 0.4) is 0 Å². The highest BCUT2D eigenvalue weighted by Crippen LogP contribution is 2.50. The fourth-order valence-electron chi connectivity index (χ4n) is 0.895. The van der Waals surface area contributed by atoms with Crippen LogP contribution in [-0.2, 0) is 4.79 Å². The summed E-state index contributed by atoms with van der Waals surface area (Å²) in [6.45, 7) is 6.27. The van der Waals surface area contributed by atoms with Gasteiger partial charge in [0.25, 0.3) is 0 Å². The largest absolute Gasteiger partial charge is 0.352 e. The van der Waals surface area contributed by atoms with E-state index in [0.717, 1.165) is 13.0 Å². The molecule has 0 bridgehead atoms. The second-order valence-corrected chi connectivity index (χ2v) is 4.35. The number of halogens is 1. The van der Waals surface area contributed by atoms with Crippen LogP contribution in [0.5, 0.6) is 0 Å². The Morgan fingerprint density at radius 2 is 2.55 bits per heavy atom. The van der Waals surface area contributed by atoms with Crippen molar-refractivity contribution in [2.24, 2.45) is 5.41 Å². The van der Waals surface area contributed by atoms with Crippen molar-refractivity contribution in [2.75, 3.05) is 6.54 Å². The van der Waals surface area contributed by atoms with Gasteiger partial charge in [0, 0.05) is 11.4 Å². The van der Waals surface area contributed by atoms with Crippen molar-refractivity contribution in [3.63, 3.8) is 0 Å². The Labute approximate surface area is 75.2 Å². The lowest BCUT2D eigenvalue weighted by molar-refractivity contribution is -0.116. The quantitative estimate of drug-likeness (QED) is 0.564. The zero-order valence-electron chi connectivity index (χ0n) is 6.56. The molecule has 0 aromatic rings. The number of amides is 1. The average Bonchev–Trinajstić information content (AvgIpc) is 2.56. The van der Waals surface area contributed by atoms with Crippen molar-refractivity contribution in [3.05, 3.63) is 12.7 Å². The molecular formula is C8H12BrNO. The zero-order chi connectivity index (χ0) is 8.48. The number of nitrogens with one attached hydrogen (secondary N) is 1. The normalized spacial score (nSPS) is 34.5. The first-order valence-corrected chi connectivity index (χ1v) is 4.54. The van der Waals surface area contributed by atoms with Crippen LogP contribution in [0.2, 0.25) is 0 Å². The summed E-state index contributed by atoms with van der Waals surface area (Å²) in [5.41, 5.74) is 0.276. The van der Waals surface area contributed by atoms with Crippen molar-refractivity contribution in [1.82, 2.24) is 5.32 Å². The Balaban J connectivity index is 2.23. The standard InChI is InChI=1S/C8H12BrNO/c1-3-7(11)10-5-8(2)4-6(8)9/h3,6H,1,4-5H2,2H3,(H,10,11). The third-order valence-electron chi connectivity index (χ3n) is 2.09. The number of hydrogen-bond acceptors (Lipinski definition) is 1. The highest BCUT2D eigenvalue weighted by molar-refractivity contribution is 9.09. The van der Waals surface area contributed by atoms with E-state index in [1.54, 1.807) is 0 Å². The van der Waals surface area contributed by atoms with Gasteiger partial charge in [0.05, 0.1) is 0 Å². The van der Waals surface area contributed by atoms with Crippen LogP contribution < -0.4 is 5.32 Å². The molecule has 0 saturated heterocycles. The fraction of sp³-hybridized carbons (Fsp3) is 0.625. The van der Waals surface area contributed by atoms with E-state index in [-0.39, 0.29) is 11.3 Å². The summed E-state index contributed by atoms with van der Waals surface area (Å²) in [5.74, 6) is -0.0853. The zero-order valence-corrected chi connectivity index (χ0v) is 8.15. The van der Waals surface area contributed by atoms with Gasteiger partial charge in [0.2, 0.25) is 5.91 Å².